The van der Waals surface area contributed by atoms with Crippen LogP contribution in [0.2, 0.25) is 0 Å². The summed E-state index contributed by atoms with van der Waals surface area (Å²) in [5.41, 5.74) is 2.50. The second-order valence-corrected chi connectivity index (χ2v) is 8.92. The molecule has 1 aliphatic heterocycles. The minimum atomic E-state index is -0.442. The third-order valence-electron chi connectivity index (χ3n) is 6.19. The Labute approximate surface area is 209 Å². The molecular weight excluding hydrogens is 462 g/mol. The number of carbonyl (C=O) groups excluding carboxylic acids is 3. The summed E-state index contributed by atoms with van der Waals surface area (Å²) in [5, 5.41) is 7.15. The van der Waals surface area contributed by atoms with Crippen LogP contribution in [0.25, 0.3) is 0 Å². The molecule has 1 N–H and O–H groups in total. The van der Waals surface area contributed by atoms with Gasteiger partial charge in [0.15, 0.2) is 0 Å². The standard InChI is InChI=1S/C27H29N3O4S/c1-4-29(5-2)24(19-13-14-35-17-19)16-28-25(31)18-7-12-22-23(15-18)27(33)30(26(22)32)20-8-10-21(11-9-20)34-6-3/h7-15,17,24H,4-6,16H2,1-3H3,(H,28,31). The van der Waals surface area contributed by atoms with Crippen LogP contribution >= 0.6 is 11.3 Å². The van der Waals surface area contributed by atoms with Gasteiger partial charge in [0, 0.05) is 12.1 Å². The van der Waals surface area contributed by atoms with E-state index in [2.05, 4.69) is 35.5 Å². The van der Waals surface area contributed by atoms with E-state index in [4.69, 9.17) is 4.74 Å². The van der Waals surface area contributed by atoms with Crippen LogP contribution in [-0.2, 0) is 0 Å². The lowest BCUT2D eigenvalue weighted by Gasteiger charge is -2.29. The summed E-state index contributed by atoms with van der Waals surface area (Å²) in [6.45, 7) is 8.79. The Morgan fingerprint density at radius 2 is 1.71 bits per heavy atom. The van der Waals surface area contributed by atoms with Crippen molar-refractivity contribution in [1.29, 1.82) is 0 Å². The number of hydrogen-bond donors (Lipinski definition) is 1. The van der Waals surface area contributed by atoms with Gasteiger partial charge in [0.05, 0.1) is 29.5 Å². The maximum Gasteiger partial charge on any atom is 0.266 e. The van der Waals surface area contributed by atoms with Crippen LogP contribution < -0.4 is 15.0 Å². The molecule has 0 bridgehead atoms. The molecule has 3 aromatic rings. The van der Waals surface area contributed by atoms with Gasteiger partial charge in [-0.15, -0.1) is 0 Å². The molecule has 2 aromatic carbocycles. The summed E-state index contributed by atoms with van der Waals surface area (Å²) in [4.78, 5) is 42.5. The smallest absolute Gasteiger partial charge is 0.266 e. The molecule has 7 nitrogen and oxygen atoms in total. The first-order valence-electron chi connectivity index (χ1n) is 11.8. The van der Waals surface area contributed by atoms with Gasteiger partial charge in [-0.2, -0.15) is 11.3 Å². The van der Waals surface area contributed by atoms with Gasteiger partial charge in [-0.25, -0.2) is 4.90 Å². The molecule has 1 aromatic heterocycles. The molecule has 0 saturated carbocycles. The number of fused-ring (bicyclic) bond motifs is 1. The number of anilines is 1. The van der Waals surface area contributed by atoms with Gasteiger partial charge in [-0.05, 0) is 84.9 Å². The predicted octanol–water partition coefficient (Wildman–Crippen LogP) is 4.76. The van der Waals surface area contributed by atoms with Crippen LogP contribution in [0.3, 0.4) is 0 Å². The second kappa shape index (κ2) is 10.8. The van der Waals surface area contributed by atoms with Gasteiger partial charge in [-0.3, -0.25) is 19.3 Å². The number of carbonyl (C=O) groups is 3. The number of benzene rings is 2. The molecule has 1 atom stereocenters. The number of likely N-dealkylation sites (N-methyl/N-ethyl adjacent to an activating group) is 1. The number of ether oxygens (including phenoxy) is 1. The Morgan fingerprint density at radius 1 is 1.00 bits per heavy atom. The lowest BCUT2D eigenvalue weighted by atomic mass is 10.0. The monoisotopic (exact) mass is 491 g/mol. The number of hydrogen-bond acceptors (Lipinski definition) is 6. The molecule has 3 amide bonds. The van der Waals surface area contributed by atoms with Crippen molar-refractivity contribution in [2.45, 2.75) is 26.8 Å². The zero-order chi connectivity index (χ0) is 24.9. The molecule has 35 heavy (non-hydrogen) atoms. The van der Waals surface area contributed by atoms with Crippen molar-refractivity contribution >= 4 is 34.7 Å². The number of amides is 3. The van der Waals surface area contributed by atoms with Gasteiger partial charge in [0.25, 0.3) is 17.7 Å². The molecule has 0 fully saturated rings. The van der Waals surface area contributed by atoms with Crippen LogP contribution in [-0.4, -0.2) is 48.9 Å². The summed E-state index contributed by atoms with van der Waals surface area (Å²) >= 11 is 1.63. The molecule has 1 aliphatic rings. The Morgan fingerprint density at radius 3 is 2.34 bits per heavy atom. The number of rotatable bonds is 10. The van der Waals surface area contributed by atoms with Crippen molar-refractivity contribution in [2.75, 3.05) is 31.1 Å². The van der Waals surface area contributed by atoms with Crippen LogP contribution in [0.4, 0.5) is 5.69 Å². The summed E-state index contributed by atoms with van der Waals surface area (Å²) in [7, 11) is 0. The first-order chi connectivity index (χ1) is 17.0. The molecule has 2 heterocycles. The minimum Gasteiger partial charge on any atom is -0.494 e. The van der Waals surface area contributed by atoms with Crippen molar-refractivity contribution in [3.05, 3.63) is 81.5 Å². The molecule has 1 unspecified atom stereocenters. The lowest BCUT2D eigenvalue weighted by molar-refractivity contribution is 0.0921. The Hall–Kier alpha value is -3.49. The van der Waals surface area contributed by atoms with Gasteiger partial charge in [0.2, 0.25) is 0 Å². The summed E-state index contributed by atoms with van der Waals surface area (Å²) in [6.07, 6.45) is 0. The van der Waals surface area contributed by atoms with Crippen molar-refractivity contribution in [1.82, 2.24) is 10.2 Å². The van der Waals surface area contributed by atoms with Crippen molar-refractivity contribution in [3.63, 3.8) is 0 Å². The number of thiophene rings is 1. The van der Waals surface area contributed by atoms with Crippen LogP contribution in [0.1, 0.15) is 63.5 Å². The van der Waals surface area contributed by atoms with E-state index < -0.39 is 11.8 Å². The Kier molecular flexibility index (Phi) is 7.63. The van der Waals surface area contributed by atoms with Crippen molar-refractivity contribution in [3.8, 4) is 5.75 Å². The number of nitrogens with one attached hydrogen (secondary N) is 1. The summed E-state index contributed by atoms with van der Waals surface area (Å²) < 4.78 is 5.44. The fourth-order valence-corrected chi connectivity index (χ4v) is 5.06. The SMILES string of the molecule is CCOc1ccc(N2C(=O)c3ccc(C(=O)NCC(c4ccsc4)N(CC)CC)cc3C2=O)cc1. The average Bonchev–Trinajstić information content (AvgIpc) is 3.49. The fourth-order valence-electron chi connectivity index (χ4n) is 4.35. The number of imide groups is 1. The fraction of sp³-hybridized carbons (Fsp3) is 0.296. The Bertz CT molecular complexity index is 1200. The maximum atomic E-state index is 13.1. The topological polar surface area (TPSA) is 79.0 Å². The van der Waals surface area contributed by atoms with E-state index in [1.807, 2.05) is 12.3 Å². The van der Waals surface area contributed by atoms with Crippen molar-refractivity contribution < 1.29 is 19.1 Å². The quantitative estimate of drug-likeness (QED) is 0.414. The molecule has 0 spiro atoms. The first kappa shape index (κ1) is 24.6. The molecule has 182 valence electrons. The van der Waals surface area contributed by atoms with Crippen LogP contribution in [0.5, 0.6) is 5.75 Å². The third-order valence-corrected chi connectivity index (χ3v) is 6.89. The van der Waals surface area contributed by atoms with E-state index in [0.717, 1.165) is 18.0 Å². The zero-order valence-electron chi connectivity index (χ0n) is 20.1. The normalized spacial score (nSPS) is 13.8. The highest BCUT2D eigenvalue weighted by atomic mass is 32.1. The van der Waals surface area contributed by atoms with E-state index >= 15 is 0 Å². The largest absolute Gasteiger partial charge is 0.494 e. The highest BCUT2D eigenvalue weighted by Crippen LogP contribution is 2.30. The zero-order valence-corrected chi connectivity index (χ0v) is 20.9. The predicted molar refractivity (Wildman–Crippen MR) is 138 cm³/mol. The lowest BCUT2D eigenvalue weighted by Crippen LogP contribution is -2.38. The molecule has 4 rings (SSSR count). The highest BCUT2D eigenvalue weighted by Gasteiger charge is 2.37. The summed E-state index contributed by atoms with van der Waals surface area (Å²) in [6, 6.07) is 13.6. The third kappa shape index (κ3) is 4.99. The van der Waals surface area contributed by atoms with Gasteiger partial charge in [0.1, 0.15) is 5.75 Å². The molecule has 0 radical (unpaired) electrons. The van der Waals surface area contributed by atoms with Gasteiger partial charge < -0.3 is 10.1 Å². The molecular formula is C27H29N3O4S. The second-order valence-electron chi connectivity index (χ2n) is 8.14. The van der Waals surface area contributed by atoms with E-state index in [1.165, 1.54) is 11.6 Å². The van der Waals surface area contributed by atoms with E-state index in [9.17, 15) is 14.4 Å². The molecule has 8 heteroatoms. The van der Waals surface area contributed by atoms with Gasteiger partial charge >= 0.3 is 0 Å². The van der Waals surface area contributed by atoms with Crippen molar-refractivity contribution in [2.24, 2.45) is 0 Å². The van der Waals surface area contributed by atoms with E-state index in [1.54, 1.807) is 47.7 Å². The van der Waals surface area contributed by atoms with E-state index in [-0.39, 0.29) is 17.5 Å². The minimum absolute atomic E-state index is 0.0630. The first-order valence-corrected chi connectivity index (χ1v) is 12.7. The van der Waals surface area contributed by atoms with Gasteiger partial charge in [-0.1, -0.05) is 13.8 Å². The number of nitrogens with zero attached hydrogens (tertiary/aromatic N) is 2. The molecule has 0 saturated heterocycles. The van der Waals surface area contributed by atoms with Crippen LogP contribution in [0.15, 0.2) is 59.3 Å². The highest BCUT2D eigenvalue weighted by molar-refractivity contribution is 7.08. The molecule has 0 aliphatic carbocycles. The van der Waals surface area contributed by atoms with E-state index in [0.29, 0.717) is 35.7 Å². The maximum absolute atomic E-state index is 13.1. The van der Waals surface area contributed by atoms with Crippen LogP contribution in [0, 0.1) is 0 Å². The summed E-state index contributed by atoms with van der Waals surface area (Å²) in [5.74, 6) is -0.458. The average molecular weight is 492 g/mol. The Balaban J connectivity index is 1.51.